The standard InChI is InChI=1S/C26H24Cl2N6O4/c1-26(2,3)38-25(37)21(10-16-4-6-17(12-29)7-5-16)33-15-23(35)32(14-24(33)36)20-11-18(27)8-9-19(20)34-13-22(28)30-31-34/h4-9,11,13,21H,10,14-15H2,1-3H3. The average Bonchev–Trinajstić information content (AvgIpc) is 3.29. The predicted octanol–water partition coefficient (Wildman–Crippen LogP) is 3.57. The third-order valence-corrected chi connectivity index (χ3v) is 6.14. The van der Waals surface area contributed by atoms with E-state index in [4.69, 9.17) is 33.2 Å². The Hall–Kier alpha value is -3.94. The molecule has 196 valence electrons. The van der Waals surface area contributed by atoms with Gasteiger partial charge in [-0.25, -0.2) is 9.48 Å². The molecule has 3 aromatic rings. The van der Waals surface area contributed by atoms with E-state index in [9.17, 15) is 14.4 Å². The highest BCUT2D eigenvalue weighted by atomic mass is 35.5. The fourth-order valence-electron chi connectivity index (χ4n) is 4.03. The molecule has 1 fully saturated rings. The number of benzene rings is 2. The molecule has 10 nitrogen and oxygen atoms in total. The molecule has 0 N–H and O–H groups in total. The summed E-state index contributed by atoms with van der Waals surface area (Å²) in [6, 6.07) is 12.5. The highest BCUT2D eigenvalue weighted by Crippen LogP contribution is 2.30. The van der Waals surface area contributed by atoms with Crippen LogP contribution in [0.3, 0.4) is 0 Å². The number of esters is 1. The molecule has 1 aromatic heterocycles. The number of hydrogen-bond acceptors (Lipinski definition) is 7. The summed E-state index contributed by atoms with van der Waals surface area (Å²) in [4.78, 5) is 42.6. The van der Waals surface area contributed by atoms with E-state index in [0.29, 0.717) is 27.5 Å². The van der Waals surface area contributed by atoms with E-state index in [1.165, 1.54) is 20.7 Å². The van der Waals surface area contributed by atoms with Crippen LogP contribution >= 0.6 is 23.2 Å². The van der Waals surface area contributed by atoms with Crippen LogP contribution in [-0.2, 0) is 25.5 Å². The van der Waals surface area contributed by atoms with Crippen LogP contribution in [0.15, 0.2) is 48.7 Å². The minimum absolute atomic E-state index is 0.111. The van der Waals surface area contributed by atoms with Crippen LogP contribution < -0.4 is 4.90 Å². The Kier molecular flexibility index (Phi) is 7.71. The molecule has 4 rings (SSSR count). The summed E-state index contributed by atoms with van der Waals surface area (Å²) in [5.41, 5.74) is 1.17. The first kappa shape index (κ1) is 27.1. The van der Waals surface area contributed by atoms with Crippen molar-refractivity contribution in [3.05, 3.63) is 70.0 Å². The lowest BCUT2D eigenvalue weighted by atomic mass is 10.0. The Labute approximate surface area is 229 Å². The first-order chi connectivity index (χ1) is 17.9. The molecule has 2 heterocycles. The van der Waals surface area contributed by atoms with Crippen molar-refractivity contribution < 1.29 is 19.1 Å². The molecule has 0 saturated carbocycles. The van der Waals surface area contributed by atoms with Crippen LogP contribution in [0.4, 0.5) is 5.69 Å². The van der Waals surface area contributed by atoms with Crippen molar-refractivity contribution in [2.24, 2.45) is 0 Å². The number of halogens is 2. The second-order valence-corrected chi connectivity index (χ2v) is 10.5. The monoisotopic (exact) mass is 554 g/mol. The van der Waals surface area contributed by atoms with Crippen LogP contribution in [0.1, 0.15) is 31.9 Å². The predicted molar refractivity (Wildman–Crippen MR) is 140 cm³/mol. The van der Waals surface area contributed by atoms with E-state index in [0.717, 1.165) is 0 Å². The van der Waals surface area contributed by atoms with E-state index >= 15 is 0 Å². The summed E-state index contributed by atoms with van der Waals surface area (Å²) in [5.74, 6) is -1.50. The second kappa shape index (κ2) is 10.8. The molecular formula is C26H24Cl2N6O4. The van der Waals surface area contributed by atoms with Crippen LogP contribution in [0, 0.1) is 11.3 Å². The molecule has 1 aliphatic rings. The molecule has 0 bridgehead atoms. The lowest BCUT2D eigenvalue weighted by molar-refractivity contribution is -0.165. The third-order valence-electron chi connectivity index (χ3n) is 5.73. The molecule has 0 spiro atoms. The first-order valence-electron chi connectivity index (χ1n) is 11.6. The number of anilines is 1. The van der Waals surface area contributed by atoms with Crippen LogP contribution in [0.2, 0.25) is 10.2 Å². The van der Waals surface area contributed by atoms with E-state index in [1.807, 2.05) is 6.07 Å². The van der Waals surface area contributed by atoms with Gasteiger partial charge in [-0.15, -0.1) is 5.10 Å². The molecule has 2 aromatic carbocycles. The number of nitriles is 1. The van der Waals surface area contributed by atoms with Crippen molar-refractivity contribution in [3.8, 4) is 11.8 Å². The van der Waals surface area contributed by atoms with Gasteiger partial charge < -0.3 is 9.64 Å². The maximum Gasteiger partial charge on any atom is 0.329 e. The van der Waals surface area contributed by atoms with Crippen molar-refractivity contribution in [1.82, 2.24) is 19.9 Å². The van der Waals surface area contributed by atoms with Gasteiger partial charge in [0.15, 0.2) is 5.15 Å². The lowest BCUT2D eigenvalue weighted by Gasteiger charge is -2.38. The molecule has 0 aliphatic carbocycles. The Morgan fingerprint density at radius 1 is 1.08 bits per heavy atom. The van der Waals surface area contributed by atoms with Gasteiger partial charge in [0, 0.05) is 11.4 Å². The molecule has 1 atom stereocenters. The van der Waals surface area contributed by atoms with Gasteiger partial charge >= 0.3 is 5.97 Å². The Bertz CT molecular complexity index is 1420. The number of piperazine rings is 1. The normalized spacial score (nSPS) is 14.8. The highest BCUT2D eigenvalue weighted by Gasteiger charge is 2.40. The van der Waals surface area contributed by atoms with Crippen molar-refractivity contribution in [3.63, 3.8) is 0 Å². The SMILES string of the molecule is CC(C)(C)OC(=O)C(Cc1ccc(C#N)cc1)N1CC(=O)N(c2cc(Cl)ccc2-n2cc(Cl)nn2)CC1=O. The summed E-state index contributed by atoms with van der Waals surface area (Å²) in [6.07, 6.45) is 1.58. The number of ether oxygens (including phenoxy) is 1. The van der Waals surface area contributed by atoms with Crippen molar-refractivity contribution >= 4 is 46.7 Å². The van der Waals surface area contributed by atoms with Gasteiger partial charge in [-0.3, -0.25) is 14.5 Å². The van der Waals surface area contributed by atoms with Crippen molar-refractivity contribution in [1.29, 1.82) is 5.26 Å². The van der Waals surface area contributed by atoms with E-state index in [-0.39, 0.29) is 24.7 Å². The maximum absolute atomic E-state index is 13.5. The van der Waals surface area contributed by atoms with Crippen molar-refractivity contribution in [2.75, 3.05) is 18.0 Å². The molecular weight excluding hydrogens is 531 g/mol. The molecule has 1 saturated heterocycles. The summed E-state index contributed by atoms with van der Waals surface area (Å²) >= 11 is 12.1. The zero-order chi connectivity index (χ0) is 27.6. The number of hydrogen-bond donors (Lipinski definition) is 0. The number of amides is 2. The molecule has 1 unspecified atom stereocenters. The molecule has 2 amide bonds. The van der Waals surface area contributed by atoms with Gasteiger partial charge in [0.2, 0.25) is 11.8 Å². The maximum atomic E-state index is 13.5. The zero-order valence-corrected chi connectivity index (χ0v) is 22.4. The fraction of sp³-hybridized carbons (Fsp3) is 0.308. The van der Waals surface area contributed by atoms with Crippen molar-refractivity contribution in [2.45, 2.75) is 38.8 Å². The summed E-state index contributed by atoms with van der Waals surface area (Å²) in [7, 11) is 0. The summed E-state index contributed by atoms with van der Waals surface area (Å²) in [5, 5.41) is 17.3. The molecule has 38 heavy (non-hydrogen) atoms. The Balaban J connectivity index is 1.64. The number of aromatic nitrogens is 3. The van der Waals surface area contributed by atoms with Crippen LogP contribution in [0.25, 0.3) is 5.69 Å². The number of rotatable bonds is 6. The number of carbonyl (C=O) groups is 3. The molecule has 1 aliphatic heterocycles. The van der Waals surface area contributed by atoms with Gasteiger partial charge in [0.1, 0.15) is 24.7 Å². The van der Waals surface area contributed by atoms with E-state index < -0.39 is 29.4 Å². The first-order valence-corrected chi connectivity index (χ1v) is 12.4. The lowest BCUT2D eigenvalue weighted by Crippen LogP contribution is -2.60. The zero-order valence-electron chi connectivity index (χ0n) is 20.9. The molecule has 12 heteroatoms. The quantitative estimate of drug-likeness (QED) is 0.427. The highest BCUT2D eigenvalue weighted by molar-refractivity contribution is 6.31. The Morgan fingerprint density at radius 3 is 2.39 bits per heavy atom. The van der Waals surface area contributed by atoms with Gasteiger partial charge in [-0.2, -0.15) is 5.26 Å². The van der Waals surface area contributed by atoms with E-state index in [1.54, 1.807) is 63.2 Å². The third kappa shape index (κ3) is 6.13. The van der Waals surface area contributed by atoms with Crippen LogP contribution in [0.5, 0.6) is 0 Å². The van der Waals surface area contributed by atoms with E-state index in [2.05, 4.69) is 10.3 Å². The Morgan fingerprint density at radius 2 is 1.79 bits per heavy atom. The summed E-state index contributed by atoms with van der Waals surface area (Å²) in [6.45, 7) is 4.49. The van der Waals surface area contributed by atoms with Gasteiger partial charge in [0.25, 0.3) is 0 Å². The van der Waals surface area contributed by atoms with Gasteiger partial charge in [-0.1, -0.05) is 40.5 Å². The van der Waals surface area contributed by atoms with Crippen LogP contribution in [-0.4, -0.2) is 62.4 Å². The smallest absolute Gasteiger partial charge is 0.329 e. The minimum Gasteiger partial charge on any atom is -0.458 e. The van der Waals surface area contributed by atoms with Gasteiger partial charge in [0.05, 0.1) is 29.2 Å². The average molecular weight is 555 g/mol. The van der Waals surface area contributed by atoms with Gasteiger partial charge in [-0.05, 0) is 56.7 Å². The minimum atomic E-state index is -1.05. The number of carbonyl (C=O) groups excluding carboxylic acids is 3. The summed E-state index contributed by atoms with van der Waals surface area (Å²) < 4.78 is 6.98. The molecule has 0 radical (unpaired) electrons. The fourth-order valence-corrected chi connectivity index (χ4v) is 4.33. The largest absolute Gasteiger partial charge is 0.458 e. The number of nitrogens with zero attached hydrogens (tertiary/aromatic N) is 6. The topological polar surface area (TPSA) is 121 Å². The second-order valence-electron chi connectivity index (χ2n) is 9.68.